The maximum atomic E-state index is 6.23. The third-order valence-electron chi connectivity index (χ3n) is 3.53. The Morgan fingerprint density at radius 3 is 2.73 bits per heavy atom. The summed E-state index contributed by atoms with van der Waals surface area (Å²) < 4.78 is 11.7. The minimum Gasteiger partial charge on any atom is -0.490 e. The summed E-state index contributed by atoms with van der Waals surface area (Å²) in [5, 5.41) is 17.9. The molecule has 0 saturated heterocycles. The van der Waals surface area contributed by atoms with Crippen LogP contribution in [0.15, 0.2) is 36.4 Å². The van der Waals surface area contributed by atoms with Gasteiger partial charge < -0.3 is 14.8 Å². The number of nitrogens with one attached hydrogen (secondary N) is 2. The molecule has 7 nitrogen and oxygen atoms in total. The van der Waals surface area contributed by atoms with Gasteiger partial charge in [-0.25, -0.2) is 0 Å². The molecule has 26 heavy (non-hydrogen) atoms. The Morgan fingerprint density at radius 2 is 2.00 bits per heavy atom. The quantitative estimate of drug-likeness (QED) is 0.599. The van der Waals surface area contributed by atoms with Crippen LogP contribution in [0.4, 0.5) is 5.95 Å². The highest BCUT2D eigenvalue weighted by atomic mass is 35.5. The second-order valence-electron chi connectivity index (χ2n) is 5.29. The van der Waals surface area contributed by atoms with Gasteiger partial charge in [0.1, 0.15) is 6.61 Å². The Morgan fingerprint density at radius 1 is 1.12 bits per heavy atom. The molecule has 2 N–H and O–H groups in total. The number of H-pyrrole nitrogens is 1. The van der Waals surface area contributed by atoms with Gasteiger partial charge in [0.05, 0.1) is 6.61 Å². The lowest BCUT2D eigenvalue weighted by Gasteiger charge is -2.16. The van der Waals surface area contributed by atoms with Crippen molar-refractivity contribution in [2.24, 2.45) is 0 Å². The second-order valence-corrected chi connectivity index (χ2v) is 6.13. The molecule has 0 spiro atoms. The van der Waals surface area contributed by atoms with Crippen LogP contribution in [0.25, 0.3) is 0 Å². The number of rotatable bonds is 8. The van der Waals surface area contributed by atoms with E-state index in [2.05, 4.69) is 25.9 Å². The Balaban J connectivity index is 1.80. The topological polar surface area (TPSA) is 85.0 Å². The van der Waals surface area contributed by atoms with E-state index in [0.29, 0.717) is 40.6 Å². The molecule has 0 amide bonds. The van der Waals surface area contributed by atoms with Gasteiger partial charge >= 0.3 is 0 Å². The zero-order valence-electron chi connectivity index (χ0n) is 14.0. The van der Waals surface area contributed by atoms with Gasteiger partial charge in [0.25, 0.3) is 5.95 Å². The molecule has 9 heteroatoms. The normalized spacial score (nSPS) is 10.6. The highest BCUT2D eigenvalue weighted by Gasteiger charge is 2.13. The van der Waals surface area contributed by atoms with E-state index in [4.69, 9.17) is 32.7 Å². The summed E-state index contributed by atoms with van der Waals surface area (Å²) in [5.41, 5.74) is 1.73. The number of tetrazole rings is 1. The molecule has 0 aliphatic carbocycles. The van der Waals surface area contributed by atoms with E-state index in [9.17, 15) is 0 Å². The van der Waals surface area contributed by atoms with Gasteiger partial charge in [0.2, 0.25) is 0 Å². The lowest BCUT2D eigenvalue weighted by atomic mass is 10.1. The first kappa shape index (κ1) is 18.3. The number of ether oxygens (including phenoxy) is 2. The van der Waals surface area contributed by atoms with Crippen molar-refractivity contribution in [1.29, 1.82) is 0 Å². The summed E-state index contributed by atoms with van der Waals surface area (Å²) in [5.74, 6) is 1.69. The molecule has 2 aromatic carbocycles. The van der Waals surface area contributed by atoms with Crippen LogP contribution in [0.3, 0.4) is 0 Å². The summed E-state index contributed by atoms with van der Waals surface area (Å²) in [6.07, 6.45) is 0. The van der Waals surface area contributed by atoms with Crippen molar-refractivity contribution in [3.63, 3.8) is 0 Å². The van der Waals surface area contributed by atoms with Crippen molar-refractivity contribution in [2.45, 2.75) is 20.1 Å². The van der Waals surface area contributed by atoms with Crippen LogP contribution >= 0.6 is 23.2 Å². The maximum absolute atomic E-state index is 6.23. The molecule has 0 aliphatic heterocycles. The zero-order chi connectivity index (χ0) is 18.4. The fourth-order valence-electron chi connectivity index (χ4n) is 2.33. The van der Waals surface area contributed by atoms with Gasteiger partial charge in [-0.1, -0.05) is 46.5 Å². The number of anilines is 1. The molecular formula is C17H17Cl2N5O2. The van der Waals surface area contributed by atoms with E-state index >= 15 is 0 Å². The minimum atomic E-state index is 0.287. The first-order chi connectivity index (χ1) is 12.7. The summed E-state index contributed by atoms with van der Waals surface area (Å²) in [7, 11) is 0. The smallest absolute Gasteiger partial charge is 0.263 e. The van der Waals surface area contributed by atoms with Crippen LogP contribution in [0.5, 0.6) is 11.5 Å². The highest BCUT2D eigenvalue weighted by molar-refractivity contribution is 6.35. The molecule has 3 aromatic rings. The average Bonchev–Trinajstić information content (AvgIpc) is 3.14. The van der Waals surface area contributed by atoms with Crippen molar-refractivity contribution in [1.82, 2.24) is 20.6 Å². The lowest BCUT2D eigenvalue weighted by Crippen LogP contribution is -2.07. The standard InChI is InChI=1S/C17H17Cl2N5O2/c1-2-25-15-5-3-4-11(9-20-17-21-23-24-22-17)16(15)26-10-12-6-7-13(18)8-14(12)19/h3-8H,2,9-10H2,1H3,(H2,20,21,22,23,24). The summed E-state index contributed by atoms with van der Waals surface area (Å²) >= 11 is 12.2. The van der Waals surface area contributed by atoms with Crippen molar-refractivity contribution in [2.75, 3.05) is 11.9 Å². The van der Waals surface area contributed by atoms with Crippen molar-refractivity contribution >= 4 is 29.2 Å². The van der Waals surface area contributed by atoms with Gasteiger partial charge in [-0.2, -0.15) is 5.21 Å². The monoisotopic (exact) mass is 393 g/mol. The van der Waals surface area contributed by atoms with E-state index in [1.165, 1.54) is 0 Å². The molecule has 0 unspecified atom stereocenters. The van der Waals surface area contributed by atoms with E-state index in [-0.39, 0.29) is 6.61 Å². The molecule has 0 saturated carbocycles. The largest absolute Gasteiger partial charge is 0.490 e. The first-order valence-electron chi connectivity index (χ1n) is 7.96. The molecule has 1 aromatic heterocycles. The van der Waals surface area contributed by atoms with Gasteiger partial charge in [0, 0.05) is 27.7 Å². The molecule has 0 atom stereocenters. The van der Waals surface area contributed by atoms with Crippen LogP contribution < -0.4 is 14.8 Å². The summed E-state index contributed by atoms with van der Waals surface area (Å²) in [6, 6.07) is 11.0. The number of benzene rings is 2. The number of para-hydroxylation sites is 1. The van der Waals surface area contributed by atoms with Gasteiger partial charge in [-0.3, -0.25) is 0 Å². The molecule has 136 valence electrons. The first-order valence-corrected chi connectivity index (χ1v) is 8.71. The van der Waals surface area contributed by atoms with Crippen molar-refractivity contribution in [3.8, 4) is 11.5 Å². The Labute approximate surface area is 160 Å². The van der Waals surface area contributed by atoms with Gasteiger partial charge in [-0.15, -0.1) is 5.10 Å². The molecule has 0 radical (unpaired) electrons. The van der Waals surface area contributed by atoms with E-state index in [1.54, 1.807) is 12.1 Å². The van der Waals surface area contributed by atoms with Crippen molar-refractivity contribution in [3.05, 3.63) is 57.6 Å². The molecular weight excluding hydrogens is 377 g/mol. The van der Waals surface area contributed by atoms with Crippen molar-refractivity contribution < 1.29 is 9.47 Å². The number of hydrogen-bond acceptors (Lipinski definition) is 6. The molecule has 0 bridgehead atoms. The summed E-state index contributed by atoms with van der Waals surface area (Å²) in [6.45, 7) is 3.18. The maximum Gasteiger partial charge on any atom is 0.263 e. The lowest BCUT2D eigenvalue weighted by molar-refractivity contribution is 0.267. The number of hydrogen-bond donors (Lipinski definition) is 2. The van der Waals surface area contributed by atoms with Crippen LogP contribution in [-0.2, 0) is 13.2 Å². The fraction of sp³-hybridized carbons (Fsp3) is 0.235. The predicted molar refractivity (Wildman–Crippen MR) is 99.9 cm³/mol. The van der Waals surface area contributed by atoms with Crippen LogP contribution in [0, 0.1) is 0 Å². The Hall–Kier alpha value is -2.51. The third kappa shape index (κ3) is 4.56. The fourth-order valence-corrected chi connectivity index (χ4v) is 2.80. The van der Waals surface area contributed by atoms with E-state index < -0.39 is 0 Å². The van der Waals surface area contributed by atoms with E-state index in [0.717, 1.165) is 11.1 Å². The zero-order valence-corrected chi connectivity index (χ0v) is 15.5. The third-order valence-corrected chi connectivity index (χ3v) is 4.12. The predicted octanol–water partition coefficient (Wildman–Crippen LogP) is 4.10. The molecule has 0 fully saturated rings. The van der Waals surface area contributed by atoms with Crippen LogP contribution in [0.1, 0.15) is 18.1 Å². The molecule has 3 rings (SSSR count). The highest BCUT2D eigenvalue weighted by Crippen LogP contribution is 2.33. The Kier molecular flexibility index (Phi) is 6.14. The Bertz CT molecular complexity index is 858. The molecule has 0 aliphatic rings. The second kappa shape index (κ2) is 8.73. The number of aromatic amines is 1. The number of halogens is 2. The van der Waals surface area contributed by atoms with Gasteiger partial charge in [0.15, 0.2) is 11.5 Å². The molecule has 1 heterocycles. The SMILES string of the molecule is CCOc1cccc(CNc2nn[nH]n2)c1OCc1ccc(Cl)cc1Cl. The van der Waals surface area contributed by atoms with E-state index in [1.807, 2.05) is 31.2 Å². The van der Waals surface area contributed by atoms with Crippen LogP contribution in [0.2, 0.25) is 10.0 Å². The average molecular weight is 394 g/mol. The summed E-state index contributed by atoms with van der Waals surface area (Å²) in [4.78, 5) is 0. The minimum absolute atomic E-state index is 0.287. The number of nitrogens with zero attached hydrogens (tertiary/aromatic N) is 3. The number of aromatic nitrogens is 4. The van der Waals surface area contributed by atoms with Gasteiger partial charge in [-0.05, 0) is 30.3 Å². The van der Waals surface area contributed by atoms with Crippen LogP contribution in [-0.4, -0.2) is 27.2 Å².